The molecule has 2 heterocycles. The SMILES string of the molecule is O=C1CCCCCN1CCCOCN1CCCC1=O. The van der Waals surface area contributed by atoms with Gasteiger partial charge in [0.2, 0.25) is 11.8 Å². The van der Waals surface area contributed by atoms with Crippen molar-refractivity contribution >= 4 is 11.8 Å². The fourth-order valence-electron chi connectivity index (χ4n) is 2.65. The summed E-state index contributed by atoms with van der Waals surface area (Å²) in [5.41, 5.74) is 0. The Kier molecular flexibility index (Phi) is 5.63. The molecule has 0 N–H and O–H groups in total. The van der Waals surface area contributed by atoms with Crippen LogP contribution in [0.2, 0.25) is 0 Å². The van der Waals surface area contributed by atoms with Crippen LogP contribution in [0.25, 0.3) is 0 Å². The maximum atomic E-state index is 11.8. The lowest BCUT2D eigenvalue weighted by Gasteiger charge is -2.21. The van der Waals surface area contributed by atoms with Crippen LogP contribution < -0.4 is 0 Å². The number of carbonyl (C=O) groups excluding carboxylic acids is 2. The van der Waals surface area contributed by atoms with Crippen LogP contribution in [0.15, 0.2) is 0 Å². The van der Waals surface area contributed by atoms with Crippen molar-refractivity contribution in [2.45, 2.75) is 44.9 Å². The topological polar surface area (TPSA) is 49.9 Å². The monoisotopic (exact) mass is 268 g/mol. The molecule has 0 bridgehead atoms. The minimum atomic E-state index is 0.197. The van der Waals surface area contributed by atoms with Crippen LogP contribution in [-0.4, -0.2) is 54.6 Å². The number of hydrogen-bond donors (Lipinski definition) is 0. The fourth-order valence-corrected chi connectivity index (χ4v) is 2.65. The van der Waals surface area contributed by atoms with E-state index < -0.39 is 0 Å². The first kappa shape index (κ1) is 14.3. The summed E-state index contributed by atoms with van der Waals surface area (Å²) in [5, 5.41) is 0. The van der Waals surface area contributed by atoms with Gasteiger partial charge in [0.1, 0.15) is 6.73 Å². The summed E-state index contributed by atoms with van der Waals surface area (Å²) in [6.07, 6.45) is 6.47. The second-order valence-corrected chi connectivity index (χ2v) is 5.34. The van der Waals surface area contributed by atoms with Crippen LogP contribution >= 0.6 is 0 Å². The lowest BCUT2D eigenvalue weighted by molar-refractivity contribution is -0.132. The fraction of sp³-hybridized carbons (Fsp3) is 0.857. The predicted molar refractivity (Wildman–Crippen MR) is 71.4 cm³/mol. The molecule has 2 rings (SSSR count). The molecule has 0 radical (unpaired) electrons. The van der Waals surface area contributed by atoms with Crippen molar-refractivity contribution in [3.63, 3.8) is 0 Å². The summed E-state index contributed by atoms with van der Waals surface area (Å²) in [6.45, 7) is 3.53. The summed E-state index contributed by atoms with van der Waals surface area (Å²) < 4.78 is 5.51. The standard InChI is InChI=1S/C14H24N2O3/c17-13-6-2-1-3-8-15(13)10-5-11-19-12-16-9-4-7-14(16)18/h1-12H2. The summed E-state index contributed by atoms with van der Waals surface area (Å²) in [4.78, 5) is 26.8. The average molecular weight is 268 g/mol. The van der Waals surface area contributed by atoms with E-state index in [-0.39, 0.29) is 11.8 Å². The Balaban J connectivity index is 1.55. The van der Waals surface area contributed by atoms with E-state index in [1.54, 1.807) is 4.90 Å². The Labute approximate surface area is 114 Å². The van der Waals surface area contributed by atoms with Crippen LogP contribution in [-0.2, 0) is 14.3 Å². The van der Waals surface area contributed by atoms with Crippen LogP contribution in [0.4, 0.5) is 0 Å². The van der Waals surface area contributed by atoms with E-state index >= 15 is 0 Å². The molecule has 2 aliphatic heterocycles. The van der Waals surface area contributed by atoms with Gasteiger partial charge in [-0.25, -0.2) is 0 Å². The van der Waals surface area contributed by atoms with Gasteiger partial charge in [-0.1, -0.05) is 6.42 Å². The maximum absolute atomic E-state index is 11.8. The van der Waals surface area contributed by atoms with Crippen molar-refractivity contribution in [1.82, 2.24) is 9.80 Å². The molecule has 0 aromatic heterocycles. The Hall–Kier alpha value is -1.10. The number of ether oxygens (including phenoxy) is 1. The van der Waals surface area contributed by atoms with E-state index in [2.05, 4.69) is 0 Å². The van der Waals surface area contributed by atoms with E-state index in [4.69, 9.17) is 4.74 Å². The lowest BCUT2D eigenvalue weighted by atomic mass is 10.2. The first-order valence-corrected chi connectivity index (χ1v) is 7.40. The average Bonchev–Trinajstić information content (AvgIpc) is 2.69. The van der Waals surface area contributed by atoms with Gasteiger partial charge >= 0.3 is 0 Å². The second-order valence-electron chi connectivity index (χ2n) is 5.34. The van der Waals surface area contributed by atoms with Crippen LogP contribution in [0, 0.1) is 0 Å². The van der Waals surface area contributed by atoms with Gasteiger partial charge in [0.05, 0.1) is 6.61 Å². The third kappa shape index (κ3) is 4.49. The van der Waals surface area contributed by atoms with Crippen molar-refractivity contribution in [3.8, 4) is 0 Å². The molecule has 0 atom stereocenters. The maximum Gasteiger partial charge on any atom is 0.224 e. The van der Waals surface area contributed by atoms with Crippen molar-refractivity contribution < 1.29 is 14.3 Å². The van der Waals surface area contributed by atoms with Gasteiger partial charge in [-0.3, -0.25) is 9.59 Å². The molecule has 0 aromatic carbocycles. The zero-order valence-electron chi connectivity index (χ0n) is 11.6. The van der Waals surface area contributed by atoms with E-state index in [1.165, 1.54) is 0 Å². The van der Waals surface area contributed by atoms with Crippen LogP contribution in [0.1, 0.15) is 44.9 Å². The molecule has 2 aliphatic rings. The lowest BCUT2D eigenvalue weighted by Crippen LogP contribution is -2.32. The Morgan fingerprint density at radius 1 is 0.895 bits per heavy atom. The highest BCUT2D eigenvalue weighted by molar-refractivity contribution is 5.77. The molecule has 5 nitrogen and oxygen atoms in total. The van der Waals surface area contributed by atoms with Gasteiger partial charge in [-0.05, 0) is 25.7 Å². The van der Waals surface area contributed by atoms with E-state index in [9.17, 15) is 9.59 Å². The first-order valence-electron chi connectivity index (χ1n) is 7.40. The zero-order valence-corrected chi connectivity index (χ0v) is 11.6. The zero-order chi connectivity index (χ0) is 13.5. The molecule has 2 fully saturated rings. The molecule has 0 aromatic rings. The number of hydrogen-bond acceptors (Lipinski definition) is 3. The van der Waals surface area contributed by atoms with E-state index in [1.807, 2.05) is 4.90 Å². The third-order valence-corrected chi connectivity index (χ3v) is 3.81. The molecule has 2 saturated heterocycles. The highest BCUT2D eigenvalue weighted by Crippen LogP contribution is 2.12. The van der Waals surface area contributed by atoms with Gasteiger partial charge in [-0.2, -0.15) is 0 Å². The Bertz CT molecular complexity index is 320. The normalized spacial score (nSPS) is 21.1. The molecule has 2 amide bonds. The number of likely N-dealkylation sites (tertiary alicyclic amines) is 2. The summed E-state index contributed by atoms with van der Waals surface area (Å²) in [7, 11) is 0. The largest absolute Gasteiger partial charge is 0.361 e. The molecular weight excluding hydrogens is 244 g/mol. The quantitative estimate of drug-likeness (QED) is 0.684. The van der Waals surface area contributed by atoms with E-state index in [0.29, 0.717) is 26.2 Å². The third-order valence-electron chi connectivity index (χ3n) is 3.81. The van der Waals surface area contributed by atoms with Gasteiger partial charge in [-0.15, -0.1) is 0 Å². The molecule has 0 unspecified atom stereocenters. The van der Waals surface area contributed by atoms with E-state index in [0.717, 1.165) is 51.7 Å². The minimum Gasteiger partial charge on any atom is -0.361 e. The van der Waals surface area contributed by atoms with Crippen LogP contribution in [0.5, 0.6) is 0 Å². The number of rotatable bonds is 6. The number of nitrogens with zero attached hydrogens (tertiary/aromatic N) is 2. The van der Waals surface area contributed by atoms with Gasteiger partial charge < -0.3 is 14.5 Å². The molecule has 19 heavy (non-hydrogen) atoms. The molecule has 0 spiro atoms. The van der Waals surface area contributed by atoms with Gasteiger partial charge in [0.25, 0.3) is 0 Å². The van der Waals surface area contributed by atoms with Crippen molar-refractivity contribution in [2.24, 2.45) is 0 Å². The molecule has 0 aliphatic carbocycles. The van der Waals surface area contributed by atoms with Crippen molar-refractivity contribution in [2.75, 3.05) is 33.0 Å². The smallest absolute Gasteiger partial charge is 0.224 e. The van der Waals surface area contributed by atoms with Crippen LogP contribution in [0.3, 0.4) is 0 Å². The summed E-state index contributed by atoms with van der Waals surface area (Å²) in [6, 6.07) is 0. The highest BCUT2D eigenvalue weighted by Gasteiger charge is 2.19. The van der Waals surface area contributed by atoms with Crippen molar-refractivity contribution in [1.29, 1.82) is 0 Å². The number of amides is 2. The predicted octanol–water partition coefficient (Wildman–Crippen LogP) is 1.38. The number of carbonyl (C=O) groups is 2. The minimum absolute atomic E-state index is 0.197. The highest BCUT2D eigenvalue weighted by atomic mass is 16.5. The molecule has 0 saturated carbocycles. The van der Waals surface area contributed by atoms with Gasteiger partial charge in [0, 0.05) is 32.5 Å². The molecule has 5 heteroatoms. The Morgan fingerprint density at radius 3 is 2.42 bits per heavy atom. The van der Waals surface area contributed by atoms with Gasteiger partial charge in [0.15, 0.2) is 0 Å². The molecular formula is C14H24N2O3. The second kappa shape index (κ2) is 7.48. The Morgan fingerprint density at radius 2 is 1.63 bits per heavy atom. The van der Waals surface area contributed by atoms with Crippen molar-refractivity contribution in [3.05, 3.63) is 0 Å². The summed E-state index contributed by atoms with van der Waals surface area (Å²) in [5.74, 6) is 0.481. The summed E-state index contributed by atoms with van der Waals surface area (Å²) >= 11 is 0. The molecule has 108 valence electrons. The first-order chi connectivity index (χ1) is 9.27.